The Morgan fingerprint density at radius 2 is 2.00 bits per heavy atom. The Labute approximate surface area is 64.1 Å². The first kappa shape index (κ1) is 11.9. The van der Waals surface area contributed by atoms with E-state index >= 15 is 0 Å². The standard InChI is InChI=1S/C6H12N2.C2H6/c1-3-4-5-8-6-7-2;1-2/h4-6H,3H2,1-2H3,(H,7,8);1-2H3/b5-4-;. The first-order chi connectivity index (χ1) is 4.91. The molecule has 0 fully saturated rings. The van der Waals surface area contributed by atoms with Crippen molar-refractivity contribution in [2.45, 2.75) is 27.2 Å². The fraction of sp³-hybridized carbons (Fsp3) is 0.625. The lowest BCUT2D eigenvalue weighted by atomic mass is 10.5. The maximum absolute atomic E-state index is 3.72. The van der Waals surface area contributed by atoms with Gasteiger partial charge in [0.15, 0.2) is 0 Å². The van der Waals surface area contributed by atoms with E-state index in [-0.39, 0.29) is 0 Å². The van der Waals surface area contributed by atoms with E-state index in [1.807, 2.05) is 26.1 Å². The highest BCUT2D eigenvalue weighted by Crippen LogP contribution is 1.72. The Bertz CT molecular complexity index is 85.3. The Balaban J connectivity index is 0. The van der Waals surface area contributed by atoms with E-state index in [1.54, 1.807) is 13.4 Å². The molecule has 0 unspecified atom stereocenters. The molecule has 2 nitrogen and oxygen atoms in total. The van der Waals surface area contributed by atoms with Crippen LogP contribution >= 0.6 is 0 Å². The van der Waals surface area contributed by atoms with Crippen molar-refractivity contribution in [3.05, 3.63) is 12.3 Å². The van der Waals surface area contributed by atoms with E-state index in [4.69, 9.17) is 0 Å². The average molecular weight is 142 g/mol. The maximum atomic E-state index is 3.72. The van der Waals surface area contributed by atoms with Gasteiger partial charge in [0.05, 0.1) is 6.34 Å². The summed E-state index contributed by atoms with van der Waals surface area (Å²) < 4.78 is 0. The number of aliphatic imine (C=N–C) groups is 1. The van der Waals surface area contributed by atoms with Crippen LogP contribution in [0.3, 0.4) is 0 Å². The van der Waals surface area contributed by atoms with Gasteiger partial charge in [-0.1, -0.05) is 26.8 Å². The van der Waals surface area contributed by atoms with Gasteiger partial charge >= 0.3 is 0 Å². The van der Waals surface area contributed by atoms with Gasteiger partial charge in [0.25, 0.3) is 0 Å². The Kier molecular flexibility index (Phi) is 18.8. The minimum Gasteiger partial charge on any atom is -0.353 e. The van der Waals surface area contributed by atoms with Crippen LogP contribution in [0.1, 0.15) is 27.2 Å². The maximum Gasteiger partial charge on any atom is 0.0859 e. The lowest BCUT2D eigenvalue weighted by molar-refractivity contribution is 1.18. The highest BCUT2D eigenvalue weighted by Gasteiger charge is 1.62. The molecular formula is C8H18N2. The number of hydrogen-bond acceptors (Lipinski definition) is 1. The van der Waals surface area contributed by atoms with Crippen LogP contribution in [0.25, 0.3) is 0 Å². The molecule has 1 N–H and O–H groups in total. The molecule has 0 aliphatic carbocycles. The molecule has 0 aromatic rings. The Morgan fingerprint density at radius 3 is 2.40 bits per heavy atom. The quantitative estimate of drug-likeness (QED) is 0.474. The molecule has 0 heterocycles. The molecular weight excluding hydrogens is 124 g/mol. The fourth-order valence-electron chi connectivity index (χ4n) is 0.303. The number of nitrogens with one attached hydrogen (secondary N) is 1. The van der Waals surface area contributed by atoms with Crippen molar-refractivity contribution in [2.24, 2.45) is 4.99 Å². The molecule has 0 aromatic carbocycles. The van der Waals surface area contributed by atoms with Gasteiger partial charge in [0.2, 0.25) is 0 Å². The zero-order chi connectivity index (χ0) is 8.24. The highest BCUT2D eigenvalue weighted by molar-refractivity contribution is 5.55. The Hall–Kier alpha value is -0.790. The topological polar surface area (TPSA) is 24.4 Å². The summed E-state index contributed by atoms with van der Waals surface area (Å²) in [4.78, 5) is 3.72. The first-order valence-corrected chi connectivity index (χ1v) is 3.73. The van der Waals surface area contributed by atoms with E-state index in [2.05, 4.69) is 17.2 Å². The zero-order valence-corrected chi connectivity index (χ0v) is 7.39. The number of allylic oxidation sites excluding steroid dienone is 1. The summed E-state index contributed by atoms with van der Waals surface area (Å²) in [6.45, 7) is 6.08. The third-order valence-corrected chi connectivity index (χ3v) is 0.653. The molecule has 2 heteroatoms. The van der Waals surface area contributed by atoms with Crippen LogP contribution in [0.5, 0.6) is 0 Å². The predicted molar refractivity (Wildman–Crippen MR) is 48.3 cm³/mol. The second kappa shape index (κ2) is 15.7. The zero-order valence-electron chi connectivity index (χ0n) is 7.39. The van der Waals surface area contributed by atoms with E-state index in [1.165, 1.54) is 0 Å². The van der Waals surface area contributed by atoms with Gasteiger partial charge in [0, 0.05) is 7.05 Å². The molecule has 0 aliphatic heterocycles. The summed E-state index contributed by atoms with van der Waals surface area (Å²) in [6.07, 6.45) is 6.60. The summed E-state index contributed by atoms with van der Waals surface area (Å²) in [5.74, 6) is 0. The largest absolute Gasteiger partial charge is 0.353 e. The predicted octanol–water partition coefficient (Wildman–Crippen LogP) is 2.18. The van der Waals surface area contributed by atoms with Crippen LogP contribution in [-0.4, -0.2) is 13.4 Å². The summed E-state index contributed by atoms with van der Waals surface area (Å²) in [5, 5.41) is 2.86. The van der Waals surface area contributed by atoms with Crippen molar-refractivity contribution in [1.29, 1.82) is 0 Å². The summed E-state index contributed by atoms with van der Waals surface area (Å²) in [6, 6.07) is 0. The van der Waals surface area contributed by atoms with Crippen LogP contribution in [0.4, 0.5) is 0 Å². The molecule has 0 radical (unpaired) electrons. The van der Waals surface area contributed by atoms with E-state index in [0.29, 0.717) is 0 Å². The average Bonchev–Trinajstić information content (AvgIpc) is 2.02. The van der Waals surface area contributed by atoms with Crippen molar-refractivity contribution in [3.63, 3.8) is 0 Å². The SMILES string of the molecule is CC.CC/C=C\NC=NC. The van der Waals surface area contributed by atoms with E-state index in [0.717, 1.165) is 6.42 Å². The van der Waals surface area contributed by atoms with Gasteiger partial charge in [0.1, 0.15) is 0 Å². The monoisotopic (exact) mass is 142 g/mol. The third-order valence-electron chi connectivity index (χ3n) is 0.653. The molecule has 0 spiro atoms. The van der Waals surface area contributed by atoms with Crippen LogP contribution in [0.2, 0.25) is 0 Å². The van der Waals surface area contributed by atoms with Crippen molar-refractivity contribution in [1.82, 2.24) is 5.32 Å². The molecule has 0 saturated carbocycles. The number of nitrogens with zero attached hydrogens (tertiary/aromatic N) is 1. The lowest BCUT2D eigenvalue weighted by Gasteiger charge is -1.83. The second-order valence-electron chi connectivity index (χ2n) is 1.36. The van der Waals surface area contributed by atoms with Gasteiger partial charge < -0.3 is 5.32 Å². The number of hydrogen-bond donors (Lipinski definition) is 1. The van der Waals surface area contributed by atoms with E-state index < -0.39 is 0 Å². The first-order valence-electron chi connectivity index (χ1n) is 3.73. The minimum absolute atomic E-state index is 1.06. The molecule has 0 amide bonds. The molecule has 0 saturated heterocycles. The van der Waals surface area contributed by atoms with Crippen LogP contribution in [-0.2, 0) is 0 Å². The van der Waals surface area contributed by atoms with Crippen molar-refractivity contribution < 1.29 is 0 Å². The molecule has 0 rings (SSSR count). The van der Waals surface area contributed by atoms with Gasteiger partial charge in [-0.25, -0.2) is 0 Å². The fourth-order valence-corrected chi connectivity index (χ4v) is 0.303. The minimum atomic E-state index is 1.06. The highest BCUT2D eigenvalue weighted by atomic mass is 14.9. The van der Waals surface area contributed by atoms with Crippen molar-refractivity contribution >= 4 is 6.34 Å². The van der Waals surface area contributed by atoms with Crippen molar-refractivity contribution in [2.75, 3.05) is 7.05 Å². The summed E-state index contributed by atoms with van der Waals surface area (Å²) in [7, 11) is 1.73. The molecule has 0 bridgehead atoms. The molecule has 10 heavy (non-hydrogen) atoms. The van der Waals surface area contributed by atoms with Gasteiger partial charge in [-0.05, 0) is 12.6 Å². The second-order valence-corrected chi connectivity index (χ2v) is 1.36. The number of rotatable bonds is 3. The third kappa shape index (κ3) is 15.7. The van der Waals surface area contributed by atoms with E-state index in [9.17, 15) is 0 Å². The smallest absolute Gasteiger partial charge is 0.0859 e. The van der Waals surface area contributed by atoms with Gasteiger partial charge in [-0.2, -0.15) is 0 Å². The summed E-state index contributed by atoms with van der Waals surface area (Å²) in [5.41, 5.74) is 0. The van der Waals surface area contributed by atoms with Crippen molar-refractivity contribution in [3.8, 4) is 0 Å². The van der Waals surface area contributed by atoms with Crippen LogP contribution < -0.4 is 5.32 Å². The van der Waals surface area contributed by atoms with Crippen LogP contribution in [0.15, 0.2) is 17.3 Å². The Morgan fingerprint density at radius 1 is 1.40 bits per heavy atom. The molecule has 0 aliphatic rings. The molecule has 0 aromatic heterocycles. The normalized spacial score (nSPS) is 9.60. The molecule has 60 valence electrons. The van der Waals surface area contributed by atoms with Crippen LogP contribution in [0, 0.1) is 0 Å². The van der Waals surface area contributed by atoms with Gasteiger partial charge in [-0.15, -0.1) is 0 Å². The molecule has 0 atom stereocenters. The summed E-state index contributed by atoms with van der Waals surface area (Å²) >= 11 is 0. The lowest BCUT2D eigenvalue weighted by Crippen LogP contribution is -1.98. The van der Waals surface area contributed by atoms with Gasteiger partial charge in [-0.3, -0.25) is 4.99 Å².